The number of hydrogen-bond acceptors (Lipinski definition) is 4. The summed E-state index contributed by atoms with van der Waals surface area (Å²) in [5, 5.41) is 14.6. The molecule has 0 spiro atoms. The molecule has 0 aliphatic carbocycles. The van der Waals surface area contributed by atoms with E-state index < -0.39 is 0 Å². The highest BCUT2D eigenvalue weighted by molar-refractivity contribution is 5.75. The van der Waals surface area contributed by atoms with Gasteiger partial charge in [0.1, 0.15) is 5.52 Å². The molecule has 1 unspecified atom stereocenters. The van der Waals surface area contributed by atoms with Crippen LogP contribution in [0.15, 0.2) is 42.7 Å². The Morgan fingerprint density at radius 1 is 1.22 bits per heavy atom. The minimum Gasteiger partial charge on any atom is -0.391 e. The molecule has 5 heteroatoms. The van der Waals surface area contributed by atoms with Crippen LogP contribution in [0.4, 0.5) is 5.82 Å². The summed E-state index contributed by atoms with van der Waals surface area (Å²) in [6.07, 6.45) is 5.23. The summed E-state index contributed by atoms with van der Waals surface area (Å²) in [5.74, 6) is 0.900. The topological polar surface area (TPSA) is 53.7 Å². The zero-order chi connectivity index (χ0) is 15.8. The van der Waals surface area contributed by atoms with Crippen LogP contribution in [0.5, 0.6) is 0 Å². The molecular weight excluding hydrogens is 288 g/mol. The Bertz CT molecular complexity index is 825. The first-order chi connectivity index (χ1) is 11.2. The lowest BCUT2D eigenvalue weighted by atomic mass is 10.1. The van der Waals surface area contributed by atoms with Gasteiger partial charge >= 0.3 is 0 Å². The predicted octanol–water partition coefficient (Wildman–Crippen LogP) is 2.67. The molecule has 4 rings (SSSR count). The van der Waals surface area contributed by atoms with Crippen molar-refractivity contribution in [2.75, 3.05) is 18.0 Å². The molecule has 1 N–H and O–H groups in total. The molecule has 0 bridgehead atoms. The highest BCUT2D eigenvalue weighted by Crippen LogP contribution is 2.27. The number of rotatable bonds is 2. The van der Waals surface area contributed by atoms with Crippen LogP contribution >= 0.6 is 0 Å². The lowest BCUT2D eigenvalue weighted by Crippen LogP contribution is -2.38. The van der Waals surface area contributed by atoms with Crippen LogP contribution in [0.2, 0.25) is 0 Å². The Morgan fingerprint density at radius 3 is 2.83 bits per heavy atom. The molecule has 0 saturated carbocycles. The Hall–Kier alpha value is -2.40. The van der Waals surface area contributed by atoms with Crippen LogP contribution in [-0.2, 0) is 0 Å². The van der Waals surface area contributed by atoms with Crippen molar-refractivity contribution >= 4 is 11.3 Å². The van der Waals surface area contributed by atoms with Crippen LogP contribution in [0.3, 0.4) is 0 Å². The van der Waals surface area contributed by atoms with Crippen molar-refractivity contribution in [2.45, 2.75) is 25.9 Å². The first kappa shape index (κ1) is 14.2. The lowest BCUT2D eigenvalue weighted by Gasteiger charge is -2.31. The number of fused-ring (bicyclic) bond motifs is 1. The summed E-state index contributed by atoms with van der Waals surface area (Å²) in [7, 11) is 0. The van der Waals surface area contributed by atoms with Gasteiger partial charge in [0, 0.05) is 31.0 Å². The van der Waals surface area contributed by atoms with Crippen LogP contribution < -0.4 is 4.90 Å². The van der Waals surface area contributed by atoms with Crippen molar-refractivity contribution in [3.05, 3.63) is 48.3 Å². The minimum absolute atomic E-state index is 0.273. The second kappa shape index (κ2) is 5.66. The van der Waals surface area contributed by atoms with Gasteiger partial charge in [-0.3, -0.25) is 0 Å². The Kier molecular flexibility index (Phi) is 3.50. The monoisotopic (exact) mass is 308 g/mol. The minimum atomic E-state index is -0.273. The van der Waals surface area contributed by atoms with Gasteiger partial charge in [-0.05, 0) is 25.8 Å². The zero-order valence-electron chi connectivity index (χ0n) is 13.2. The Labute approximate surface area is 135 Å². The van der Waals surface area contributed by atoms with Crippen molar-refractivity contribution in [3.63, 3.8) is 0 Å². The van der Waals surface area contributed by atoms with Gasteiger partial charge in [0.05, 0.1) is 11.8 Å². The normalized spacial score (nSPS) is 18.5. The summed E-state index contributed by atoms with van der Waals surface area (Å²) in [4.78, 5) is 6.70. The van der Waals surface area contributed by atoms with Gasteiger partial charge in [-0.15, -0.1) is 0 Å². The molecule has 5 nitrogen and oxygen atoms in total. The van der Waals surface area contributed by atoms with E-state index in [0.29, 0.717) is 6.54 Å². The maximum atomic E-state index is 9.93. The number of aliphatic hydroxyl groups excluding tert-OH is 1. The Balaban J connectivity index is 1.76. The predicted molar refractivity (Wildman–Crippen MR) is 90.6 cm³/mol. The standard InChI is InChI=1S/C18H20N4O/c1-13-4-6-14(7-5-13)16-11-17-18(19-8-10-22(17)20-16)21-9-2-3-15(23)12-21/h4-8,10-11,15,23H,2-3,9,12H2,1H3. The fraction of sp³-hybridized carbons (Fsp3) is 0.333. The quantitative estimate of drug-likeness (QED) is 0.791. The number of piperidine rings is 1. The van der Waals surface area contributed by atoms with Gasteiger partial charge in [0.25, 0.3) is 0 Å². The molecule has 1 fully saturated rings. The van der Waals surface area contributed by atoms with Crippen LogP contribution in [0, 0.1) is 6.92 Å². The number of aromatic nitrogens is 3. The molecule has 0 amide bonds. The third-order valence-corrected chi connectivity index (χ3v) is 4.41. The first-order valence-corrected chi connectivity index (χ1v) is 8.05. The second-order valence-electron chi connectivity index (χ2n) is 6.22. The van der Waals surface area contributed by atoms with E-state index in [1.807, 2.05) is 10.7 Å². The van der Waals surface area contributed by atoms with E-state index in [0.717, 1.165) is 42.0 Å². The van der Waals surface area contributed by atoms with E-state index in [2.05, 4.69) is 52.2 Å². The molecule has 0 radical (unpaired) electrons. The molecule has 3 aromatic rings. The molecule has 118 valence electrons. The van der Waals surface area contributed by atoms with Crippen molar-refractivity contribution in [1.29, 1.82) is 0 Å². The maximum Gasteiger partial charge on any atom is 0.154 e. The zero-order valence-corrected chi connectivity index (χ0v) is 13.2. The van der Waals surface area contributed by atoms with Gasteiger partial charge in [-0.25, -0.2) is 9.50 Å². The van der Waals surface area contributed by atoms with Crippen molar-refractivity contribution in [1.82, 2.24) is 14.6 Å². The summed E-state index contributed by atoms with van der Waals surface area (Å²) in [5.41, 5.74) is 4.26. The summed E-state index contributed by atoms with van der Waals surface area (Å²) in [6.45, 7) is 3.64. The smallest absolute Gasteiger partial charge is 0.154 e. The first-order valence-electron chi connectivity index (χ1n) is 8.05. The van der Waals surface area contributed by atoms with Crippen LogP contribution in [-0.4, -0.2) is 38.9 Å². The van der Waals surface area contributed by atoms with Crippen molar-refractivity contribution in [3.8, 4) is 11.3 Å². The van der Waals surface area contributed by atoms with E-state index in [4.69, 9.17) is 0 Å². The molecule has 1 aromatic carbocycles. The average molecular weight is 308 g/mol. The average Bonchev–Trinajstić information content (AvgIpc) is 2.99. The summed E-state index contributed by atoms with van der Waals surface area (Å²) >= 11 is 0. The highest BCUT2D eigenvalue weighted by Gasteiger charge is 2.21. The number of benzene rings is 1. The molecule has 1 atom stereocenters. The van der Waals surface area contributed by atoms with E-state index in [1.54, 1.807) is 6.20 Å². The molecule has 23 heavy (non-hydrogen) atoms. The molecule has 1 aliphatic heterocycles. The van der Waals surface area contributed by atoms with Gasteiger partial charge in [0.15, 0.2) is 5.82 Å². The van der Waals surface area contributed by atoms with Crippen LogP contribution in [0.1, 0.15) is 18.4 Å². The Morgan fingerprint density at radius 2 is 2.04 bits per heavy atom. The molecular formula is C18H20N4O. The van der Waals surface area contributed by atoms with Crippen molar-refractivity contribution in [2.24, 2.45) is 0 Å². The molecule has 2 aromatic heterocycles. The fourth-order valence-corrected chi connectivity index (χ4v) is 3.16. The summed E-state index contributed by atoms with van der Waals surface area (Å²) < 4.78 is 1.87. The number of hydrogen-bond donors (Lipinski definition) is 1. The second-order valence-corrected chi connectivity index (χ2v) is 6.22. The van der Waals surface area contributed by atoms with E-state index in [1.165, 1.54) is 5.56 Å². The van der Waals surface area contributed by atoms with Crippen LogP contribution in [0.25, 0.3) is 16.8 Å². The maximum absolute atomic E-state index is 9.93. The van der Waals surface area contributed by atoms with Gasteiger partial charge < -0.3 is 10.0 Å². The lowest BCUT2D eigenvalue weighted by molar-refractivity contribution is 0.154. The van der Waals surface area contributed by atoms with E-state index in [-0.39, 0.29) is 6.10 Å². The number of anilines is 1. The number of aliphatic hydroxyl groups is 1. The van der Waals surface area contributed by atoms with Crippen molar-refractivity contribution < 1.29 is 5.11 Å². The SMILES string of the molecule is Cc1ccc(-c2cc3c(N4CCCC(O)C4)nccn3n2)cc1. The number of β-amino-alcohol motifs (C(OH)–C–C–N with tert-alkyl or cyclic N) is 1. The fourth-order valence-electron chi connectivity index (χ4n) is 3.16. The number of nitrogens with zero attached hydrogens (tertiary/aromatic N) is 4. The van der Waals surface area contributed by atoms with Gasteiger partial charge in [-0.1, -0.05) is 29.8 Å². The highest BCUT2D eigenvalue weighted by atomic mass is 16.3. The third-order valence-electron chi connectivity index (χ3n) is 4.41. The van der Waals surface area contributed by atoms with Gasteiger partial charge in [-0.2, -0.15) is 5.10 Å². The molecule has 1 aliphatic rings. The summed E-state index contributed by atoms with van der Waals surface area (Å²) in [6, 6.07) is 10.5. The third kappa shape index (κ3) is 2.68. The molecule has 3 heterocycles. The van der Waals surface area contributed by atoms with E-state index in [9.17, 15) is 5.11 Å². The van der Waals surface area contributed by atoms with Gasteiger partial charge in [0.2, 0.25) is 0 Å². The number of aryl methyl sites for hydroxylation is 1. The largest absolute Gasteiger partial charge is 0.391 e. The molecule has 1 saturated heterocycles. The van der Waals surface area contributed by atoms with E-state index >= 15 is 0 Å².